The number of hydrazine groups is 1. The van der Waals surface area contributed by atoms with Crippen molar-refractivity contribution >= 4 is 17.6 Å². The molecule has 2 rings (SSSR count). The number of amides is 3. The Bertz CT molecular complexity index is 706. The number of hydrogen-bond donors (Lipinski definition) is 3. The zero-order valence-corrected chi connectivity index (χ0v) is 12.4. The van der Waals surface area contributed by atoms with Crippen LogP contribution in [0, 0.1) is 12.7 Å². The van der Waals surface area contributed by atoms with E-state index >= 15 is 0 Å². The van der Waals surface area contributed by atoms with Gasteiger partial charge in [0.05, 0.1) is 5.69 Å². The van der Waals surface area contributed by atoms with E-state index in [-0.39, 0.29) is 12.3 Å². The minimum atomic E-state index is -0.765. The zero-order chi connectivity index (χ0) is 16.7. The number of carbonyl (C=O) groups excluding carboxylic acids is 2. The predicted octanol–water partition coefficient (Wildman–Crippen LogP) is 2.37. The lowest BCUT2D eigenvalue weighted by Gasteiger charge is -2.10. The van der Waals surface area contributed by atoms with Crippen LogP contribution in [0.3, 0.4) is 0 Å². The van der Waals surface area contributed by atoms with Crippen molar-refractivity contribution in [2.45, 2.75) is 6.92 Å². The number of anilines is 1. The monoisotopic (exact) mass is 317 g/mol. The molecule has 0 atom stereocenters. The number of halogens is 1. The molecule has 0 aliphatic carbocycles. The van der Waals surface area contributed by atoms with Gasteiger partial charge >= 0.3 is 6.03 Å². The molecule has 0 unspecified atom stereocenters. The molecular weight excluding hydrogens is 301 g/mol. The summed E-state index contributed by atoms with van der Waals surface area (Å²) in [5, 5.41) is 2.27. The van der Waals surface area contributed by atoms with Gasteiger partial charge in [-0.3, -0.25) is 10.2 Å². The molecule has 0 aliphatic heterocycles. The lowest BCUT2D eigenvalue weighted by atomic mass is 10.2. The summed E-state index contributed by atoms with van der Waals surface area (Å²) < 4.78 is 18.6. The molecule has 23 heavy (non-hydrogen) atoms. The van der Waals surface area contributed by atoms with E-state index in [2.05, 4.69) is 16.2 Å². The highest BCUT2D eigenvalue weighted by molar-refractivity contribution is 5.91. The number of hydrogen-bond acceptors (Lipinski definition) is 3. The van der Waals surface area contributed by atoms with Crippen LogP contribution < -0.4 is 20.9 Å². The van der Waals surface area contributed by atoms with Crippen LogP contribution in [-0.2, 0) is 4.79 Å². The molecule has 3 N–H and O–H groups in total. The highest BCUT2D eigenvalue weighted by Crippen LogP contribution is 2.12. The van der Waals surface area contributed by atoms with Crippen LogP contribution in [0.4, 0.5) is 14.9 Å². The third kappa shape index (κ3) is 5.31. The van der Waals surface area contributed by atoms with Crippen LogP contribution >= 0.6 is 0 Å². The van der Waals surface area contributed by atoms with Crippen molar-refractivity contribution in [1.82, 2.24) is 10.9 Å². The summed E-state index contributed by atoms with van der Waals surface area (Å²) >= 11 is 0. The summed E-state index contributed by atoms with van der Waals surface area (Å²) in [7, 11) is 0. The van der Waals surface area contributed by atoms with E-state index in [1.54, 1.807) is 18.2 Å². The normalized spacial score (nSPS) is 9.83. The van der Waals surface area contributed by atoms with Crippen LogP contribution in [0.1, 0.15) is 5.56 Å². The van der Waals surface area contributed by atoms with Crippen molar-refractivity contribution in [3.63, 3.8) is 0 Å². The molecule has 0 saturated carbocycles. The Kier molecular flexibility index (Phi) is 5.51. The third-order valence-corrected chi connectivity index (χ3v) is 2.80. The molecule has 7 heteroatoms. The van der Waals surface area contributed by atoms with Gasteiger partial charge in [0.15, 0.2) is 6.61 Å². The van der Waals surface area contributed by atoms with Gasteiger partial charge in [-0.2, -0.15) is 0 Å². The van der Waals surface area contributed by atoms with Crippen molar-refractivity contribution < 1.29 is 18.7 Å². The number of para-hydroxylation sites is 1. The molecule has 0 heterocycles. The van der Waals surface area contributed by atoms with Crippen molar-refractivity contribution in [3.8, 4) is 5.75 Å². The maximum Gasteiger partial charge on any atom is 0.338 e. The number of ether oxygens (including phenoxy) is 1. The molecule has 0 radical (unpaired) electrons. The van der Waals surface area contributed by atoms with Crippen LogP contribution in [0.5, 0.6) is 5.75 Å². The topological polar surface area (TPSA) is 79.5 Å². The van der Waals surface area contributed by atoms with E-state index in [9.17, 15) is 14.0 Å². The van der Waals surface area contributed by atoms with Gasteiger partial charge in [-0.1, -0.05) is 24.3 Å². The third-order valence-electron chi connectivity index (χ3n) is 2.80. The molecule has 0 spiro atoms. The lowest BCUT2D eigenvalue weighted by molar-refractivity contribution is -0.123. The highest BCUT2D eigenvalue weighted by atomic mass is 19.1. The van der Waals surface area contributed by atoms with Crippen molar-refractivity contribution in [3.05, 3.63) is 59.9 Å². The van der Waals surface area contributed by atoms with Gasteiger partial charge < -0.3 is 10.1 Å². The quantitative estimate of drug-likeness (QED) is 0.757. The van der Waals surface area contributed by atoms with Crippen molar-refractivity contribution in [2.75, 3.05) is 11.9 Å². The molecule has 0 saturated heterocycles. The molecule has 2 aromatic carbocycles. The molecule has 120 valence electrons. The van der Waals surface area contributed by atoms with E-state index < -0.39 is 17.8 Å². The van der Waals surface area contributed by atoms with Crippen molar-refractivity contribution in [2.24, 2.45) is 0 Å². The Labute approximate surface area is 132 Å². The molecular formula is C16H16FN3O3. The fourth-order valence-corrected chi connectivity index (χ4v) is 1.73. The first-order valence-electron chi connectivity index (χ1n) is 6.84. The number of urea groups is 1. The second-order valence-corrected chi connectivity index (χ2v) is 4.71. The standard InChI is InChI=1S/C16H16FN3O3/c1-11-5-4-6-12(9-11)23-10-15(21)19-20-16(22)18-14-8-3-2-7-13(14)17/h2-9H,10H2,1H3,(H,19,21)(H2,18,20,22). The van der Waals surface area contributed by atoms with E-state index in [0.29, 0.717) is 5.75 Å². The fraction of sp³-hybridized carbons (Fsp3) is 0.125. The highest BCUT2D eigenvalue weighted by Gasteiger charge is 2.08. The molecule has 0 aliphatic rings. The van der Waals surface area contributed by atoms with Crippen LogP contribution in [-0.4, -0.2) is 18.5 Å². The molecule has 0 bridgehead atoms. The largest absolute Gasteiger partial charge is 0.484 e. The SMILES string of the molecule is Cc1cccc(OCC(=O)NNC(=O)Nc2ccccc2F)c1. The van der Waals surface area contributed by atoms with Gasteiger partial charge in [-0.25, -0.2) is 14.6 Å². The minimum Gasteiger partial charge on any atom is -0.484 e. The summed E-state index contributed by atoms with van der Waals surface area (Å²) in [6, 6.07) is 12.1. The van der Waals surface area contributed by atoms with Gasteiger partial charge in [0, 0.05) is 0 Å². The molecule has 0 aromatic heterocycles. The summed E-state index contributed by atoms with van der Waals surface area (Å²) in [4.78, 5) is 23.1. The zero-order valence-electron chi connectivity index (χ0n) is 12.4. The molecule has 2 aromatic rings. The summed E-state index contributed by atoms with van der Waals surface area (Å²) in [5.41, 5.74) is 5.28. The summed E-state index contributed by atoms with van der Waals surface area (Å²) in [5.74, 6) is -0.567. The minimum absolute atomic E-state index is 0.00950. The number of nitrogens with one attached hydrogen (secondary N) is 3. The van der Waals surface area contributed by atoms with E-state index in [1.807, 2.05) is 19.1 Å². The smallest absolute Gasteiger partial charge is 0.338 e. The Hall–Kier alpha value is -3.09. The summed E-state index contributed by atoms with van der Waals surface area (Å²) in [6.07, 6.45) is 0. The number of rotatable bonds is 4. The first-order chi connectivity index (χ1) is 11.0. The Morgan fingerprint density at radius 3 is 2.61 bits per heavy atom. The Morgan fingerprint density at radius 2 is 1.87 bits per heavy atom. The van der Waals surface area contributed by atoms with Gasteiger partial charge in [0.1, 0.15) is 11.6 Å². The first kappa shape index (κ1) is 16.3. The average Bonchev–Trinajstić information content (AvgIpc) is 2.53. The van der Waals surface area contributed by atoms with Crippen LogP contribution in [0.15, 0.2) is 48.5 Å². The summed E-state index contributed by atoms with van der Waals surface area (Å²) in [6.45, 7) is 1.64. The van der Waals surface area contributed by atoms with E-state index in [0.717, 1.165) is 5.56 Å². The van der Waals surface area contributed by atoms with E-state index in [1.165, 1.54) is 18.2 Å². The Balaban J connectivity index is 1.74. The van der Waals surface area contributed by atoms with Crippen LogP contribution in [0.2, 0.25) is 0 Å². The maximum atomic E-state index is 13.3. The van der Waals surface area contributed by atoms with Gasteiger partial charge in [-0.15, -0.1) is 0 Å². The second-order valence-electron chi connectivity index (χ2n) is 4.71. The first-order valence-corrected chi connectivity index (χ1v) is 6.84. The fourth-order valence-electron chi connectivity index (χ4n) is 1.73. The number of benzene rings is 2. The molecule has 0 fully saturated rings. The van der Waals surface area contributed by atoms with Gasteiger partial charge in [-0.05, 0) is 36.8 Å². The van der Waals surface area contributed by atoms with Crippen LogP contribution in [0.25, 0.3) is 0 Å². The molecule has 3 amide bonds. The maximum absolute atomic E-state index is 13.3. The predicted molar refractivity (Wildman–Crippen MR) is 83.4 cm³/mol. The van der Waals surface area contributed by atoms with Crippen molar-refractivity contribution in [1.29, 1.82) is 0 Å². The second kappa shape index (κ2) is 7.79. The Morgan fingerprint density at radius 1 is 1.09 bits per heavy atom. The van der Waals surface area contributed by atoms with Gasteiger partial charge in [0.2, 0.25) is 0 Å². The van der Waals surface area contributed by atoms with E-state index in [4.69, 9.17) is 4.74 Å². The van der Waals surface area contributed by atoms with Gasteiger partial charge in [0.25, 0.3) is 5.91 Å². The average molecular weight is 317 g/mol. The number of aryl methyl sites for hydroxylation is 1. The molecule has 6 nitrogen and oxygen atoms in total. The number of carbonyl (C=O) groups is 2. The lowest BCUT2D eigenvalue weighted by Crippen LogP contribution is -2.45.